The van der Waals surface area contributed by atoms with Gasteiger partial charge in [0.25, 0.3) is 0 Å². The molecule has 0 aliphatic rings. The highest BCUT2D eigenvalue weighted by Crippen LogP contribution is 2.23. The second-order valence-corrected chi connectivity index (χ2v) is 6.76. The number of carbonyl (C=O) groups is 1. The van der Waals surface area contributed by atoms with Gasteiger partial charge in [-0.1, -0.05) is 28.1 Å². The molecule has 0 aromatic heterocycles. The highest BCUT2D eigenvalue weighted by atomic mass is 79.9. The SMILES string of the molecule is Cc1cc(C(O)C(O)CNC(=O)OC(C)(C)C)ccc1Br. The topological polar surface area (TPSA) is 78.8 Å². The molecule has 1 aromatic rings. The second-order valence-electron chi connectivity index (χ2n) is 5.90. The van der Waals surface area contributed by atoms with E-state index in [1.54, 1.807) is 32.9 Å². The van der Waals surface area contributed by atoms with Gasteiger partial charge in [0.1, 0.15) is 17.8 Å². The van der Waals surface area contributed by atoms with Crippen LogP contribution in [-0.4, -0.2) is 34.6 Å². The van der Waals surface area contributed by atoms with Crippen LogP contribution in [-0.2, 0) is 4.74 Å². The zero-order valence-electron chi connectivity index (χ0n) is 12.7. The molecule has 6 heteroatoms. The number of nitrogens with one attached hydrogen (secondary N) is 1. The molecule has 1 amide bonds. The van der Waals surface area contributed by atoms with Crippen LogP contribution < -0.4 is 5.32 Å². The van der Waals surface area contributed by atoms with Gasteiger partial charge in [0, 0.05) is 11.0 Å². The van der Waals surface area contributed by atoms with E-state index < -0.39 is 23.9 Å². The van der Waals surface area contributed by atoms with Gasteiger partial charge in [-0.25, -0.2) is 4.79 Å². The first kappa shape index (κ1) is 17.9. The highest BCUT2D eigenvalue weighted by Gasteiger charge is 2.21. The van der Waals surface area contributed by atoms with Gasteiger partial charge >= 0.3 is 6.09 Å². The van der Waals surface area contributed by atoms with E-state index >= 15 is 0 Å². The summed E-state index contributed by atoms with van der Waals surface area (Å²) in [6.45, 7) is 7.06. The van der Waals surface area contributed by atoms with Gasteiger partial charge in [-0.15, -0.1) is 0 Å². The maximum absolute atomic E-state index is 11.5. The van der Waals surface area contributed by atoms with Gasteiger partial charge in [-0.2, -0.15) is 0 Å². The third kappa shape index (κ3) is 6.03. The number of hydrogen-bond acceptors (Lipinski definition) is 4. The van der Waals surface area contributed by atoms with Crippen molar-refractivity contribution in [3.8, 4) is 0 Å². The van der Waals surface area contributed by atoms with E-state index in [2.05, 4.69) is 21.2 Å². The first-order valence-corrected chi connectivity index (χ1v) is 7.48. The molecule has 0 bridgehead atoms. The van der Waals surface area contributed by atoms with Crippen LogP contribution in [0.5, 0.6) is 0 Å². The van der Waals surface area contributed by atoms with Crippen LogP contribution >= 0.6 is 15.9 Å². The first-order chi connectivity index (χ1) is 9.60. The number of aliphatic hydroxyl groups is 2. The number of ether oxygens (including phenoxy) is 1. The molecule has 1 rings (SSSR count). The van der Waals surface area contributed by atoms with Crippen molar-refractivity contribution >= 4 is 22.0 Å². The molecule has 2 atom stereocenters. The summed E-state index contributed by atoms with van der Waals surface area (Å²) in [6, 6.07) is 5.31. The van der Waals surface area contributed by atoms with Gasteiger partial charge in [0.05, 0.1) is 0 Å². The van der Waals surface area contributed by atoms with E-state index in [-0.39, 0.29) is 6.54 Å². The predicted octanol–water partition coefficient (Wildman–Crippen LogP) is 2.68. The lowest BCUT2D eigenvalue weighted by atomic mass is 10.0. The number of alkyl carbamates (subject to hydrolysis) is 1. The van der Waals surface area contributed by atoms with Crippen LogP contribution in [0.25, 0.3) is 0 Å². The zero-order valence-corrected chi connectivity index (χ0v) is 14.3. The van der Waals surface area contributed by atoms with Gasteiger partial charge in [0.15, 0.2) is 0 Å². The molecule has 0 saturated heterocycles. The summed E-state index contributed by atoms with van der Waals surface area (Å²) in [5, 5.41) is 22.5. The van der Waals surface area contributed by atoms with Crippen LogP contribution in [0.4, 0.5) is 4.79 Å². The van der Waals surface area contributed by atoms with Crippen LogP contribution in [0.2, 0.25) is 0 Å². The Morgan fingerprint density at radius 3 is 2.52 bits per heavy atom. The normalized spacial score (nSPS) is 14.4. The lowest BCUT2D eigenvalue weighted by Gasteiger charge is -2.22. The fourth-order valence-electron chi connectivity index (χ4n) is 1.69. The molecule has 0 aliphatic heterocycles. The first-order valence-electron chi connectivity index (χ1n) is 6.69. The average molecular weight is 360 g/mol. The summed E-state index contributed by atoms with van der Waals surface area (Å²) in [7, 11) is 0. The van der Waals surface area contributed by atoms with Crippen LogP contribution in [0, 0.1) is 6.92 Å². The van der Waals surface area contributed by atoms with Crippen LogP contribution in [0.1, 0.15) is 38.0 Å². The molecule has 1 aromatic carbocycles. The van der Waals surface area contributed by atoms with E-state index in [9.17, 15) is 15.0 Å². The van der Waals surface area contributed by atoms with Crippen molar-refractivity contribution in [3.63, 3.8) is 0 Å². The molecule has 118 valence electrons. The van der Waals surface area contributed by atoms with Crippen molar-refractivity contribution in [3.05, 3.63) is 33.8 Å². The third-order valence-corrected chi connectivity index (χ3v) is 3.63. The maximum Gasteiger partial charge on any atom is 0.407 e. The molecule has 5 nitrogen and oxygen atoms in total. The number of carbonyl (C=O) groups excluding carboxylic acids is 1. The molecular weight excluding hydrogens is 338 g/mol. The fraction of sp³-hybridized carbons (Fsp3) is 0.533. The number of benzene rings is 1. The van der Waals surface area contributed by atoms with Gasteiger partial charge in [0.2, 0.25) is 0 Å². The number of rotatable bonds is 4. The van der Waals surface area contributed by atoms with Crippen molar-refractivity contribution in [2.75, 3.05) is 6.54 Å². The van der Waals surface area contributed by atoms with Crippen molar-refractivity contribution in [1.29, 1.82) is 0 Å². The molecule has 2 unspecified atom stereocenters. The Kier molecular flexibility index (Phi) is 6.19. The minimum atomic E-state index is -1.11. The monoisotopic (exact) mass is 359 g/mol. The van der Waals surface area contributed by atoms with Crippen molar-refractivity contribution in [2.45, 2.75) is 45.5 Å². The molecule has 21 heavy (non-hydrogen) atoms. The van der Waals surface area contributed by atoms with E-state index in [1.165, 1.54) is 0 Å². The third-order valence-electron chi connectivity index (χ3n) is 2.74. The molecule has 0 fully saturated rings. The second kappa shape index (κ2) is 7.24. The quantitative estimate of drug-likeness (QED) is 0.772. The fourth-order valence-corrected chi connectivity index (χ4v) is 1.93. The molecule has 0 spiro atoms. The average Bonchev–Trinajstić information content (AvgIpc) is 2.36. The lowest BCUT2D eigenvalue weighted by molar-refractivity contribution is 0.0129. The van der Waals surface area contributed by atoms with E-state index in [1.807, 2.05) is 13.0 Å². The van der Waals surface area contributed by atoms with Crippen molar-refractivity contribution in [2.24, 2.45) is 0 Å². The van der Waals surface area contributed by atoms with Gasteiger partial charge < -0.3 is 20.3 Å². The minimum absolute atomic E-state index is 0.0921. The summed E-state index contributed by atoms with van der Waals surface area (Å²) >= 11 is 3.38. The summed E-state index contributed by atoms with van der Waals surface area (Å²) < 4.78 is 5.99. The largest absolute Gasteiger partial charge is 0.444 e. The number of halogens is 1. The van der Waals surface area contributed by atoms with Gasteiger partial charge in [-0.3, -0.25) is 0 Å². The molecule has 0 saturated carbocycles. The molecule has 3 N–H and O–H groups in total. The van der Waals surface area contributed by atoms with E-state index in [4.69, 9.17) is 4.74 Å². The van der Waals surface area contributed by atoms with Gasteiger partial charge in [-0.05, 0) is 44.9 Å². The predicted molar refractivity (Wildman–Crippen MR) is 84.1 cm³/mol. The number of hydrogen-bond donors (Lipinski definition) is 3. The molecule has 0 heterocycles. The van der Waals surface area contributed by atoms with E-state index in [0.717, 1.165) is 10.0 Å². The Morgan fingerprint density at radius 2 is 2.00 bits per heavy atom. The highest BCUT2D eigenvalue weighted by molar-refractivity contribution is 9.10. The Morgan fingerprint density at radius 1 is 1.38 bits per heavy atom. The lowest BCUT2D eigenvalue weighted by Crippen LogP contribution is -2.38. The maximum atomic E-state index is 11.5. The molecular formula is C15H22BrNO4. The summed E-state index contributed by atoms with van der Waals surface area (Å²) in [4.78, 5) is 11.5. The van der Waals surface area contributed by atoms with Crippen molar-refractivity contribution < 1.29 is 19.7 Å². The summed E-state index contributed by atoms with van der Waals surface area (Å²) in [5.41, 5.74) is 0.948. The van der Waals surface area contributed by atoms with Crippen LogP contribution in [0.3, 0.4) is 0 Å². The number of aliphatic hydroxyl groups excluding tert-OH is 2. The smallest absolute Gasteiger partial charge is 0.407 e. The Hall–Kier alpha value is -1.11. The Balaban J connectivity index is 2.56. The van der Waals surface area contributed by atoms with Crippen LogP contribution in [0.15, 0.2) is 22.7 Å². The minimum Gasteiger partial charge on any atom is -0.444 e. The summed E-state index contributed by atoms with van der Waals surface area (Å²) in [6.07, 6.45) is -2.81. The van der Waals surface area contributed by atoms with E-state index in [0.29, 0.717) is 5.56 Å². The zero-order chi connectivity index (χ0) is 16.2. The number of aryl methyl sites for hydroxylation is 1. The molecule has 0 radical (unpaired) electrons. The van der Waals surface area contributed by atoms with Crippen molar-refractivity contribution in [1.82, 2.24) is 5.32 Å². The Bertz CT molecular complexity index is 499. The number of amides is 1. The molecule has 0 aliphatic carbocycles. The Labute approximate surface area is 133 Å². The summed E-state index contributed by atoms with van der Waals surface area (Å²) in [5.74, 6) is 0. The standard InChI is InChI=1S/C15H22BrNO4/c1-9-7-10(5-6-11(9)16)13(19)12(18)8-17-14(20)21-15(2,3)4/h5-7,12-13,18-19H,8H2,1-4H3,(H,17,20).